The van der Waals surface area contributed by atoms with Gasteiger partial charge in [-0.1, -0.05) is 58.4 Å². The van der Waals surface area contributed by atoms with E-state index in [0.29, 0.717) is 26.4 Å². The highest BCUT2D eigenvalue weighted by Crippen LogP contribution is 2.31. The highest BCUT2D eigenvalue weighted by molar-refractivity contribution is 9.10. The van der Waals surface area contributed by atoms with E-state index in [1.54, 1.807) is 0 Å². The Morgan fingerprint density at radius 3 is 1.93 bits per heavy atom. The van der Waals surface area contributed by atoms with Crippen LogP contribution < -0.4 is 0 Å². The van der Waals surface area contributed by atoms with Crippen molar-refractivity contribution in [3.63, 3.8) is 0 Å². The number of hydrogen-bond donors (Lipinski definition) is 0. The maximum absolute atomic E-state index is 13.9. The number of rotatable bonds is 6. The molecule has 0 bridgehead atoms. The molecule has 0 aliphatic carbocycles. The summed E-state index contributed by atoms with van der Waals surface area (Å²) in [6.45, 7) is 5.91. The molecule has 2 aliphatic heterocycles. The molecule has 0 radical (unpaired) electrons. The van der Waals surface area contributed by atoms with Gasteiger partial charge >= 0.3 is 0 Å². The summed E-state index contributed by atoms with van der Waals surface area (Å²) in [5, 5.41) is 0. The van der Waals surface area contributed by atoms with Gasteiger partial charge in [-0.25, -0.2) is 0 Å². The Morgan fingerprint density at radius 2 is 1.34 bits per heavy atom. The van der Waals surface area contributed by atoms with Crippen molar-refractivity contribution in [2.45, 2.75) is 12.1 Å². The molecule has 0 saturated carbocycles. The minimum absolute atomic E-state index is 0.0191. The maximum atomic E-state index is 13.9. The second-order valence-corrected chi connectivity index (χ2v) is 8.38. The molecule has 2 aliphatic rings. The Bertz CT molecular complexity index is 788. The van der Waals surface area contributed by atoms with Gasteiger partial charge in [-0.15, -0.1) is 0 Å². The summed E-state index contributed by atoms with van der Waals surface area (Å²) in [4.78, 5) is 18.6. The van der Waals surface area contributed by atoms with Crippen LogP contribution in [0, 0.1) is 0 Å². The lowest BCUT2D eigenvalue weighted by Gasteiger charge is -2.44. The van der Waals surface area contributed by atoms with Gasteiger partial charge < -0.3 is 9.47 Å². The second-order valence-electron chi connectivity index (χ2n) is 7.47. The van der Waals surface area contributed by atoms with Gasteiger partial charge in [0.2, 0.25) is 0 Å². The fraction of sp³-hybridized carbons (Fsp3) is 0.435. The summed E-state index contributed by atoms with van der Waals surface area (Å²) in [6.07, 6.45) is 0. The largest absolute Gasteiger partial charge is 0.379 e. The van der Waals surface area contributed by atoms with E-state index >= 15 is 0 Å². The Kier molecular flexibility index (Phi) is 7.11. The van der Waals surface area contributed by atoms with Gasteiger partial charge in [0.25, 0.3) is 0 Å². The van der Waals surface area contributed by atoms with Crippen LogP contribution in [0.2, 0.25) is 0 Å². The van der Waals surface area contributed by atoms with Crippen molar-refractivity contribution in [1.29, 1.82) is 0 Å². The Balaban J connectivity index is 1.74. The molecule has 4 rings (SSSR count). The van der Waals surface area contributed by atoms with Crippen LogP contribution >= 0.6 is 15.9 Å². The number of ether oxygens (including phenoxy) is 2. The average molecular weight is 459 g/mol. The fourth-order valence-electron chi connectivity index (χ4n) is 4.25. The Labute approximate surface area is 180 Å². The first-order valence-corrected chi connectivity index (χ1v) is 11.0. The SMILES string of the molecule is O=C(c1ccc(Br)cc1)[C@@H]([C@H](c1ccccc1)N1CCOCC1)N1CCOCC1. The van der Waals surface area contributed by atoms with Crippen LogP contribution in [0.5, 0.6) is 0 Å². The number of Topliss-reactive ketones (excluding diaryl/α,β-unsaturated/α-hetero) is 1. The highest BCUT2D eigenvalue weighted by atomic mass is 79.9. The second kappa shape index (κ2) is 9.96. The van der Waals surface area contributed by atoms with E-state index in [1.165, 1.54) is 5.56 Å². The van der Waals surface area contributed by atoms with Crippen molar-refractivity contribution in [3.8, 4) is 0 Å². The minimum Gasteiger partial charge on any atom is -0.379 e. The van der Waals surface area contributed by atoms with E-state index in [0.717, 1.165) is 36.2 Å². The number of halogens is 1. The molecule has 2 aromatic rings. The number of morpholine rings is 2. The van der Waals surface area contributed by atoms with Gasteiger partial charge in [0.1, 0.15) is 0 Å². The molecule has 154 valence electrons. The third-order valence-electron chi connectivity index (χ3n) is 5.72. The smallest absolute Gasteiger partial charge is 0.181 e. The number of nitrogens with zero attached hydrogens (tertiary/aromatic N) is 2. The summed E-state index contributed by atoms with van der Waals surface area (Å²) in [7, 11) is 0. The van der Waals surface area contributed by atoms with Crippen LogP contribution in [0.4, 0.5) is 0 Å². The molecule has 2 heterocycles. The predicted octanol–water partition coefficient (Wildman–Crippen LogP) is 3.41. The van der Waals surface area contributed by atoms with Crippen LogP contribution in [-0.4, -0.2) is 74.2 Å². The first kappa shape index (κ1) is 20.7. The molecular weight excluding hydrogens is 432 g/mol. The normalized spacial score (nSPS) is 20.9. The first-order valence-electron chi connectivity index (χ1n) is 10.2. The number of hydrogen-bond acceptors (Lipinski definition) is 5. The lowest BCUT2D eigenvalue weighted by Crippen LogP contribution is -2.55. The van der Waals surface area contributed by atoms with Crippen molar-refractivity contribution in [1.82, 2.24) is 9.80 Å². The average Bonchev–Trinajstić information content (AvgIpc) is 2.79. The lowest BCUT2D eigenvalue weighted by atomic mass is 9.89. The summed E-state index contributed by atoms with van der Waals surface area (Å²) >= 11 is 3.48. The summed E-state index contributed by atoms with van der Waals surface area (Å²) < 4.78 is 12.2. The van der Waals surface area contributed by atoms with E-state index in [-0.39, 0.29) is 17.9 Å². The molecule has 0 N–H and O–H groups in total. The summed E-state index contributed by atoms with van der Waals surface area (Å²) in [5.74, 6) is 0.166. The minimum atomic E-state index is -0.263. The molecule has 0 amide bonds. The molecule has 2 atom stereocenters. The van der Waals surface area contributed by atoms with E-state index in [4.69, 9.17) is 9.47 Å². The zero-order valence-corrected chi connectivity index (χ0v) is 18.1. The zero-order valence-electron chi connectivity index (χ0n) is 16.5. The van der Waals surface area contributed by atoms with Gasteiger partial charge in [-0.05, 0) is 17.7 Å². The maximum Gasteiger partial charge on any atom is 0.181 e. The van der Waals surface area contributed by atoms with Gasteiger partial charge in [-0.2, -0.15) is 0 Å². The number of ketones is 1. The monoisotopic (exact) mass is 458 g/mol. The Morgan fingerprint density at radius 1 is 0.793 bits per heavy atom. The van der Waals surface area contributed by atoms with Crippen molar-refractivity contribution in [3.05, 3.63) is 70.2 Å². The molecular formula is C23H27BrN2O3. The van der Waals surface area contributed by atoms with Gasteiger partial charge in [-0.3, -0.25) is 14.6 Å². The quantitative estimate of drug-likeness (QED) is 0.620. The number of benzene rings is 2. The highest BCUT2D eigenvalue weighted by Gasteiger charge is 2.39. The third kappa shape index (κ3) is 4.95. The number of carbonyl (C=O) groups excluding carboxylic acids is 1. The topological polar surface area (TPSA) is 42.0 Å². The van der Waals surface area contributed by atoms with Gasteiger partial charge in [0, 0.05) is 36.2 Å². The van der Waals surface area contributed by atoms with E-state index in [9.17, 15) is 4.79 Å². The van der Waals surface area contributed by atoms with Crippen LogP contribution in [0.25, 0.3) is 0 Å². The fourth-order valence-corrected chi connectivity index (χ4v) is 4.51. The van der Waals surface area contributed by atoms with Gasteiger partial charge in [0.05, 0.1) is 38.5 Å². The molecule has 0 unspecified atom stereocenters. The molecule has 2 aromatic carbocycles. The standard InChI is InChI=1S/C23H27BrN2O3/c24-20-8-6-19(7-9-20)23(27)22(26-12-16-29-17-13-26)21(18-4-2-1-3-5-18)25-10-14-28-15-11-25/h1-9,21-22H,10-17H2/t21-,22+/m0/s1. The zero-order chi connectivity index (χ0) is 20.1. The van der Waals surface area contributed by atoms with Crippen LogP contribution in [-0.2, 0) is 9.47 Å². The molecule has 5 nitrogen and oxygen atoms in total. The van der Waals surface area contributed by atoms with E-state index < -0.39 is 0 Å². The Hall–Kier alpha value is -1.57. The van der Waals surface area contributed by atoms with Crippen molar-refractivity contribution in [2.24, 2.45) is 0 Å². The molecule has 0 spiro atoms. The third-order valence-corrected chi connectivity index (χ3v) is 6.24. The molecule has 2 saturated heterocycles. The van der Waals surface area contributed by atoms with Crippen molar-refractivity contribution < 1.29 is 14.3 Å². The first-order chi connectivity index (χ1) is 14.2. The molecule has 0 aromatic heterocycles. The van der Waals surface area contributed by atoms with E-state index in [2.05, 4.69) is 50.0 Å². The summed E-state index contributed by atoms with van der Waals surface area (Å²) in [5.41, 5.74) is 1.93. The molecule has 2 fully saturated rings. The molecule has 29 heavy (non-hydrogen) atoms. The predicted molar refractivity (Wildman–Crippen MR) is 116 cm³/mol. The van der Waals surface area contributed by atoms with Crippen molar-refractivity contribution >= 4 is 21.7 Å². The molecule has 6 heteroatoms. The van der Waals surface area contributed by atoms with Crippen LogP contribution in [0.3, 0.4) is 0 Å². The summed E-state index contributed by atoms with van der Waals surface area (Å²) in [6, 6.07) is 17.9. The number of carbonyl (C=O) groups is 1. The lowest BCUT2D eigenvalue weighted by molar-refractivity contribution is -0.0301. The van der Waals surface area contributed by atoms with Crippen LogP contribution in [0.15, 0.2) is 59.1 Å². The van der Waals surface area contributed by atoms with Crippen molar-refractivity contribution in [2.75, 3.05) is 52.6 Å². The van der Waals surface area contributed by atoms with Gasteiger partial charge in [0.15, 0.2) is 5.78 Å². The van der Waals surface area contributed by atoms with E-state index in [1.807, 2.05) is 30.3 Å². The van der Waals surface area contributed by atoms with Crippen LogP contribution in [0.1, 0.15) is 22.0 Å².